The van der Waals surface area contributed by atoms with Crippen molar-refractivity contribution < 1.29 is 31.2 Å². The maximum atomic E-state index is 10.7. The van der Waals surface area contributed by atoms with E-state index in [1.807, 2.05) is 0 Å². The fourth-order valence-corrected chi connectivity index (χ4v) is 0.811. The first-order valence-electron chi connectivity index (χ1n) is 3.76. The second-order valence-corrected chi connectivity index (χ2v) is 2.89. The highest BCUT2D eigenvalue weighted by atomic mass is 17.1. The quantitative estimate of drug-likeness (QED) is 0.275. The molecule has 1 rings (SSSR count). The first-order valence-corrected chi connectivity index (χ1v) is 3.76. The number of nitrogens with zero attached hydrogens (tertiary/aromatic N) is 6. The molecule has 0 fully saturated rings. The predicted octanol–water partition coefficient (Wildman–Crippen LogP) is -1.38. The molecule has 1 aromatic heterocycles. The van der Waals surface area contributed by atoms with Gasteiger partial charge < -0.3 is 15.6 Å². The lowest BCUT2D eigenvalue weighted by molar-refractivity contribution is -0.276. The molecule has 6 N–H and O–H groups in total. The highest BCUT2D eigenvalue weighted by Crippen LogP contribution is 2.30. The van der Waals surface area contributed by atoms with Gasteiger partial charge in [-0.3, -0.25) is 0 Å². The Labute approximate surface area is 95.7 Å². The van der Waals surface area contributed by atoms with Gasteiger partial charge in [0, 0.05) is 0 Å². The van der Waals surface area contributed by atoms with Crippen LogP contribution in [-0.4, -0.2) is 46.4 Å². The molecular formula is C3H6N6O9. The summed E-state index contributed by atoms with van der Waals surface area (Å²) in [5, 5.41) is 88.3. The van der Waals surface area contributed by atoms with Crippen molar-refractivity contribution >= 4 is 17.6 Å². The van der Waals surface area contributed by atoms with E-state index in [-0.39, 0.29) is 0 Å². The molecule has 0 radical (unpaired) electrons. The summed E-state index contributed by atoms with van der Waals surface area (Å²) in [6.07, 6.45) is 0. The summed E-state index contributed by atoms with van der Waals surface area (Å²) >= 11 is 0. The zero-order valence-corrected chi connectivity index (χ0v) is 8.09. The first kappa shape index (κ1) is 14.6. The van der Waals surface area contributed by atoms with E-state index in [1.54, 1.807) is 0 Å². The number of rotatable bonds is 3. The van der Waals surface area contributed by atoms with E-state index < -0.39 is 32.5 Å². The van der Waals surface area contributed by atoms with Crippen molar-refractivity contribution in [2.24, 2.45) is 0 Å². The molecule has 0 saturated carbocycles. The van der Waals surface area contributed by atoms with E-state index in [2.05, 4.69) is 15.2 Å². The highest BCUT2D eigenvalue weighted by Gasteiger charge is 2.40. The normalized spacial score (nSPS) is 13.8. The monoisotopic (exact) mass is 270 g/mol. The van der Waals surface area contributed by atoms with Gasteiger partial charge in [-0.1, -0.05) is 10.2 Å². The molecule has 102 valence electrons. The van der Waals surface area contributed by atoms with Gasteiger partial charge in [0.1, 0.15) is 0 Å². The summed E-state index contributed by atoms with van der Waals surface area (Å²) < 4.78 is 0. The lowest BCUT2D eigenvalue weighted by atomic mass is 10.6. The molecule has 0 aliphatic heterocycles. The van der Waals surface area contributed by atoms with Gasteiger partial charge in [0.25, 0.3) is 0 Å². The van der Waals surface area contributed by atoms with Crippen molar-refractivity contribution in [2.45, 2.75) is 0 Å². The summed E-state index contributed by atoms with van der Waals surface area (Å²) in [6.45, 7) is 0. The van der Waals surface area contributed by atoms with Crippen LogP contribution in [0.3, 0.4) is 0 Å². The van der Waals surface area contributed by atoms with Gasteiger partial charge in [-0.05, 0) is 14.9 Å². The maximum Gasteiger partial charge on any atom is 0.422 e. The smallest absolute Gasteiger partial charge is 0.422 e. The van der Waals surface area contributed by atoms with Crippen molar-refractivity contribution in [1.82, 2.24) is 30.1 Å². The van der Waals surface area contributed by atoms with Crippen LogP contribution in [0.1, 0.15) is 0 Å². The second-order valence-electron chi connectivity index (χ2n) is 2.89. The van der Waals surface area contributed by atoms with Crippen LogP contribution in [0, 0.1) is 15.6 Å². The lowest BCUT2D eigenvalue weighted by Gasteiger charge is -2.27. The molecule has 0 amide bonds. The van der Waals surface area contributed by atoms with Crippen LogP contribution in [0.2, 0.25) is 0 Å². The van der Waals surface area contributed by atoms with Crippen molar-refractivity contribution in [3.63, 3.8) is 0 Å². The lowest BCUT2D eigenvalue weighted by Crippen LogP contribution is -2.44. The molecule has 0 aromatic carbocycles. The largest absolute Gasteiger partial charge is 0.557 e. The van der Waals surface area contributed by atoms with Crippen molar-refractivity contribution in [1.29, 1.82) is 0 Å². The van der Waals surface area contributed by atoms with Crippen LogP contribution in [0.15, 0.2) is 0 Å². The van der Waals surface area contributed by atoms with Crippen molar-refractivity contribution in [2.75, 3.05) is 0 Å². The van der Waals surface area contributed by atoms with E-state index in [1.165, 1.54) is 0 Å². The molecular weight excluding hydrogens is 264 g/mol. The average molecular weight is 270 g/mol. The summed E-state index contributed by atoms with van der Waals surface area (Å²) in [5.74, 6) is -5.13. The Kier molecular flexibility index (Phi) is 3.27. The van der Waals surface area contributed by atoms with Gasteiger partial charge >= 0.3 is 17.6 Å². The Balaban J connectivity index is 3.50. The highest BCUT2D eigenvalue weighted by molar-refractivity contribution is 5.54. The van der Waals surface area contributed by atoms with Gasteiger partial charge in [-0.2, -0.15) is 31.2 Å². The van der Waals surface area contributed by atoms with Crippen LogP contribution < -0.4 is 14.9 Å². The van der Waals surface area contributed by atoms with E-state index in [0.29, 0.717) is 0 Å². The molecule has 15 heteroatoms. The third-order valence-electron chi connectivity index (χ3n) is 1.45. The number of hydrogen-bond donors (Lipinski definition) is 6. The Morgan fingerprint density at radius 1 is 0.667 bits per heavy atom. The Hall–Kier alpha value is -1.47. The summed E-state index contributed by atoms with van der Waals surface area (Å²) in [4.78, 5) is -7.64. The van der Waals surface area contributed by atoms with Gasteiger partial charge in [-0.25, -0.2) is 0 Å². The van der Waals surface area contributed by atoms with Gasteiger partial charge in [0.2, 0.25) is 0 Å². The topological polar surface area (TPSA) is 229 Å². The summed E-state index contributed by atoms with van der Waals surface area (Å²) in [6, 6.07) is 0. The molecule has 1 aromatic rings. The molecule has 0 aliphatic carbocycles. The SMILES string of the molecule is [O-][N+](O)(O)c1nnc([N+]([O-])(O)O)c([N+]([O-])(O)O)n1. The van der Waals surface area contributed by atoms with Gasteiger partial charge in [0.15, 0.2) is 0 Å². The van der Waals surface area contributed by atoms with E-state index in [9.17, 15) is 15.6 Å². The Bertz CT molecular complexity index is 443. The summed E-state index contributed by atoms with van der Waals surface area (Å²) in [7, 11) is 0. The zero-order valence-electron chi connectivity index (χ0n) is 8.09. The van der Waals surface area contributed by atoms with E-state index in [0.717, 1.165) is 0 Å². The van der Waals surface area contributed by atoms with Crippen LogP contribution in [0.5, 0.6) is 0 Å². The number of hydrogen-bond acceptors (Lipinski definition) is 12. The van der Waals surface area contributed by atoms with Crippen molar-refractivity contribution in [3.05, 3.63) is 15.6 Å². The molecule has 0 unspecified atom stereocenters. The van der Waals surface area contributed by atoms with Crippen LogP contribution in [0.4, 0.5) is 17.6 Å². The van der Waals surface area contributed by atoms with E-state index >= 15 is 0 Å². The molecule has 0 saturated heterocycles. The van der Waals surface area contributed by atoms with Gasteiger partial charge in [-0.15, -0.1) is 4.98 Å². The van der Waals surface area contributed by atoms with Crippen LogP contribution in [0.25, 0.3) is 0 Å². The minimum absolute atomic E-state index is 1.59. The average Bonchev–Trinajstić information content (AvgIpc) is 2.12. The molecule has 1 heterocycles. The standard InChI is InChI=1S/C3H6N6O9/c10-7(11,12)1-2(8(13,14)15)5-6-3(4-1)9(16,17)18/h10-11,13-14,16-17H. The van der Waals surface area contributed by atoms with Crippen molar-refractivity contribution in [3.8, 4) is 0 Å². The van der Waals surface area contributed by atoms with Gasteiger partial charge in [0.05, 0.1) is 0 Å². The van der Waals surface area contributed by atoms with Crippen LogP contribution in [-0.2, 0) is 0 Å². The molecule has 18 heavy (non-hydrogen) atoms. The molecule has 0 spiro atoms. The zero-order chi connectivity index (χ0) is 14.4. The molecule has 15 nitrogen and oxygen atoms in total. The third-order valence-corrected chi connectivity index (χ3v) is 1.45. The molecule has 0 atom stereocenters. The minimum Gasteiger partial charge on any atom is -0.557 e. The minimum atomic E-state index is -3.50. The second kappa shape index (κ2) is 4.03. The summed E-state index contributed by atoms with van der Waals surface area (Å²) in [5.41, 5.74) is 0. The third kappa shape index (κ3) is 3.05. The van der Waals surface area contributed by atoms with Crippen LogP contribution >= 0.6 is 0 Å². The maximum absolute atomic E-state index is 10.7. The molecule has 0 bridgehead atoms. The Morgan fingerprint density at radius 2 is 1.11 bits per heavy atom. The molecule has 0 aliphatic rings. The predicted molar refractivity (Wildman–Crippen MR) is 46.0 cm³/mol. The number of aromatic nitrogens is 3. The first-order chi connectivity index (χ1) is 7.83. The fourth-order valence-electron chi connectivity index (χ4n) is 0.811. The Morgan fingerprint density at radius 3 is 1.44 bits per heavy atom. The number of quaternary nitrogens is 3. The van der Waals surface area contributed by atoms with E-state index in [4.69, 9.17) is 31.2 Å². The fraction of sp³-hybridized carbons (Fsp3) is 0.